The molecular weight excluding hydrogens is 228 g/mol. The van der Waals surface area contributed by atoms with E-state index < -0.39 is 0 Å². The highest BCUT2D eigenvalue weighted by Gasteiger charge is 2.34. The van der Waals surface area contributed by atoms with Crippen molar-refractivity contribution in [3.05, 3.63) is 24.5 Å². The largest absolute Gasteiger partial charge is 0.334 e. The van der Waals surface area contributed by atoms with E-state index in [4.69, 9.17) is 0 Å². The number of pyridine rings is 1. The molecule has 1 aromatic heterocycles. The van der Waals surface area contributed by atoms with E-state index in [0.717, 1.165) is 31.2 Å². The first kappa shape index (κ1) is 11.5. The van der Waals surface area contributed by atoms with Crippen LogP contribution in [0.1, 0.15) is 19.3 Å². The van der Waals surface area contributed by atoms with E-state index in [1.165, 1.54) is 12.8 Å². The van der Waals surface area contributed by atoms with Crippen molar-refractivity contribution in [1.29, 1.82) is 0 Å². The Hall–Kier alpha value is -1.62. The zero-order chi connectivity index (χ0) is 12.4. The van der Waals surface area contributed by atoms with E-state index in [2.05, 4.69) is 20.5 Å². The Morgan fingerprint density at radius 3 is 2.78 bits per heavy atom. The summed E-state index contributed by atoms with van der Waals surface area (Å²) in [6.45, 7) is 2.11. The van der Waals surface area contributed by atoms with Crippen LogP contribution in [0.4, 0.5) is 10.5 Å². The Bertz CT molecular complexity index is 418. The molecular formula is C13H18N4O. The molecule has 1 atom stereocenters. The number of urea groups is 1. The predicted molar refractivity (Wildman–Crippen MR) is 69.4 cm³/mol. The van der Waals surface area contributed by atoms with Crippen LogP contribution in [0.15, 0.2) is 24.5 Å². The normalized spacial score (nSPS) is 23.9. The summed E-state index contributed by atoms with van der Waals surface area (Å²) in [5.41, 5.74) is 0.777. The summed E-state index contributed by atoms with van der Waals surface area (Å²) in [5, 5.41) is 5.85. The fraction of sp³-hybridized carbons (Fsp3) is 0.538. The van der Waals surface area contributed by atoms with Gasteiger partial charge < -0.3 is 10.6 Å². The van der Waals surface area contributed by atoms with Crippen LogP contribution in [0, 0.1) is 0 Å². The molecule has 18 heavy (non-hydrogen) atoms. The summed E-state index contributed by atoms with van der Waals surface area (Å²) < 4.78 is 0. The lowest BCUT2D eigenvalue weighted by atomic mass is 10.3. The number of aromatic nitrogens is 1. The molecule has 96 valence electrons. The molecule has 0 bridgehead atoms. The van der Waals surface area contributed by atoms with Gasteiger partial charge in [0.15, 0.2) is 0 Å². The monoisotopic (exact) mass is 246 g/mol. The zero-order valence-electron chi connectivity index (χ0n) is 10.3. The first-order valence-corrected chi connectivity index (χ1v) is 6.53. The average Bonchev–Trinajstić information content (AvgIpc) is 3.12. The van der Waals surface area contributed by atoms with Gasteiger partial charge in [-0.2, -0.15) is 0 Å². The van der Waals surface area contributed by atoms with Crippen molar-refractivity contribution in [3.63, 3.8) is 0 Å². The molecule has 0 aromatic carbocycles. The van der Waals surface area contributed by atoms with E-state index in [1.54, 1.807) is 24.5 Å². The van der Waals surface area contributed by atoms with Gasteiger partial charge in [0.25, 0.3) is 0 Å². The Kier molecular flexibility index (Phi) is 3.15. The second-order valence-corrected chi connectivity index (χ2v) is 5.05. The Balaban J connectivity index is 1.46. The van der Waals surface area contributed by atoms with Gasteiger partial charge in [-0.15, -0.1) is 0 Å². The lowest BCUT2D eigenvalue weighted by molar-refractivity contribution is 0.247. The summed E-state index contributed by atoms with van der Waals surface area (Å²) in [5.74, 6) is 0. The van der Waals surface area contributed by atoms with Crippen molar-refractivity contribution in [3.8, 4) is 0 Å². The number of carbonyl (C=O) groups is 1. The van der Waals surface area contributed by atoms with Crippen LogP contribution >= 0.6 is 0 Å². The minimum atomic E-state index is -0.121. The molecule has 2 heterocycles. The van der Waals surface area contributed by atoms with Crippen molar-refractivity contribution in [2.45, 2.75) is 31.3 Å². The number of hydrogen-bond acceptors (Lipinski definition) is 3. The number of nitrogens with one attached hydrogen (secondary N) is 2. The van der Waals surface area contributed by atoms with Gasteiger partial charge >= 0.3 is 6.03 Å². The molecule has 1 aliphatic carbocycles. The summed E-state index contributed by atoms with van der Waals surface area (Å²) in [7, 11) is 0. The third-order valence-corrected chi connectivity index (χ3v) is 3.56. The number of amides is 2. The molecule has 1 aliphatic heterocycles. The highest BCUT2D eigenvalue weighted by molar-refractivity contribution is 5.89. The lowest BCUT2D eigenvalue weighted by Crippen LogP contribution is -2.40. The van der Waals surface area contributed by atoms with E-state index >= 15 is 0 Å². The maximum absolute atomic E-state index is 11.8. The maximum Gasteiger partial charge on any atom is 0.319 e. The molecule has 5 nitrogen and oxygen atoms in total. The molecule has 5 heteroatoms. The standard InChI is InChI=1S/C13H18N4O/c18-13(15-10-3-6-14-7-4-10)16-11-5-8-17(9-11)12-1-2-12/h3-4,6-7,11-12H,1-2,5,8-9H2,(H2,14,15,16,18). The average molecular weight is 246 g/mol. The fourth-order valence-corrected chi connectivity index (χ4v) is 2.46. The van der Waals surface area contributed by atoms with E-state index in [1.807, 2.05) is 0 Å². The van der Waals surface area contributed by atoms with Crippen molar-refractivity contribution in [1.82, 2.24) is 15.2 Å². The highest BCUT2D eigenvalue weighted by Crippen LogP contribution is 2.29. The Labute approximate surface area is 107 Å². The van der Waals surface area contributed by atoms with Crippen LogP contribution in [0.3, 0.4) is 0 Å². The second-order valence-electron chi connectivity index (χ2n) is 5.05. The van der Waals surface area contributed by atoms with Gasteiger partial charge in [-0.05, 0) is 31.4 Å². The number of hydrogen-bond donors (Lipinski definition) is 2. The zero-order valence-corrected chi connectivity index (χ0v) is 10.3. The molecule has 1 saturated heterocycles. The van der Waals surface area contributed by atoms with E-state index in [9.17, 15) is 4.79 Å². The van der Waals surface area contributed by atoms with Gasteiger partial charge in [0.2, 0.25) is 0 Å². The van der Waals surface area contributed by atoms with E-state index in [-0.39, 0.29) is 12.1 Å². The molecule has 3 rings (SSSR count). The molecule has 2 N–H and O–H groups in total. The maximum atomic E-state index is 11.8. The molecule has 0 radical (unpaired) electrons. The van der Waals surface area contributed by atoms with Crippen molar-refractivity contribution >= 4 is 11.7 Å². The van der Waals surface area contributed by atoms with Gasteiger partial charge in [-0.25, -0.2) is 4.79 Å². The highest BCUT2D eigenvalue weighted by atomic mass is 16.2. The summed E-state index contributed by atoms with van der Waals surface area (Å²) >= 11 is 0. The van der Waals surface area contributed by atoms with E-state index in [0.29, 0.717) is 0 Å². The molecule has 2 amide bonds. The smallest absolute Gasteiger partial charge is 0.319 e. The predicted octanol–water partition coefficient (Wildman–Crippen LogP) is 1.44. The minimum absolute atomic E-state index is 0.121. The van der Waals surface area contributed by atoms with Crippen LogP contribution in [0.2, 0.25) is 0 Å². The molecule has 1 unspecified atom stereocenters. The van der Waals surface area contributed by atoms with Gasteiger partial charge in [-0.1, -0.05) is 0 Å². The van der Waals surface area contributed by atoms with Gasteiger partial charge in [0, 0.05) is 43.3 Å². The molecule has 0 spiro atoms. The molecule has 2 aliphatic rings. The minimum Gasteiger partial charge on any atom is -0.334 e. The third kappa shape index (κ3) is 2.79. The molecule has 1 aromatic rings. The van der Waals surface area contributed by atoms with Crippen LogP contribution < -0.4 is 10.6 Å². The topological polar surface area (TPSA) is 57.3 Å². The quantitative estimate of drug-likeness (QED) is 0.848. The van der Waals surface area contributed by atoms with Gasteiger partial charge in [0.1, 0.15) is 0 Å². The summed E-state index contributed by atoms with van der Waals surface area (Å²) in [6, 6.07) is 4.52. The van der Waals surface area contributed by atoms with Crippen LogP contribution in [0.25, 0.3) is 0 Å². The van der Waals surface area contributed by atoms with Crippen LogP contribution in [0.5, 0.6) is 0 Å². The van der Waals surface area contributed by atoms with Gasteiger partial charge in [-0.3, -0.25) is 9.88 Å². The number of carbonyl (C=O) groups excluding carboxylic acids is 1. The number of rotatable bonds is 3. The first-order chi connectivity index (χ1) is 8.81. The first-order valence-electron chi connectivity index (χ1n) is 6.53. The third-order valence-electron chi connectivity index (χ3n) is 3.56. The molecule has 1 saturated carbocycles. The molecule has 2 fully saturated rings. The van der Waals surface area contributed by atoms with Gasteiger partial charge in [0.05, 0.1) is 0 Å². The summed E-state index contributed by atoms with van der Waals surface area (Å²) in [6.07, 6.45) is 7.05. The fourth-order valence-electron chi connectivity index (χ4n) is 2.46. The van der Waals surface area contributed by atoms with Crippen molar-refractivity contribution in [2.75, 3.05) is 18.4 Å². The van der Waals surface area contributed by atoms with Crippen molar-refractivity contribution in [2.24, 2.45) is 0 Å². The Morgan fingerprint density at radius 2 is 2.06 bits per heavy atom. The number of anilines is 1. The Morgan fingerprint density at radius 1 is 1.28 bits per heavy atom. The van der Waals surface area contributed by atoms with Crippen molar-refractivity contribution < 1.29 is 4.79 Å². The number of likely N-dealkylation sites (tertiary alicyclic amines) is 1. The number of nitrogens with zero attached hydrogens (tertiary/aromatic N) is 2. The second kappa shape index (κ2) is 4.94. The summed E-state index contributed by atoms with van der Waals surface area (Å²) in [4.78, 5) is 18.2. The van der Waals surface area contributed by atoms with Crippen LogP contribution in [-0.2, 0) is 0 Å². The SMILES string of the molecule is O=C(Nc1ccncc1)NC1CCN(C2CC2)C1. The lowest BCUT2D eigenvalue weighted by Gasteiger charge is -2.16. The van der Waals surface area contributed by atoms with Crippen LogP contribution in [-0.4, -0.2) is 41.1 Å².